The van der Waals surface area contributed by atoms with Gasteiger partial charge in [-0.15, -0.1) is 0 Å². The zero-order chi connectivity index (χ0) is 13.5. The van der Waals surface area contributed by atoms with Crippen LogP contribution < -0.4 is 15.5 Å². The van der Waals surface area contributed by atoms with Crippen molar-refractivity contribution in [2.24, 2.45) is 0 Å². The van der Waals surface area contributed by atoms with E-state index in [-0.39, 0.29) is 5.91 Å². The number of halogens is 1. The third-order valence-electron chi connectivity index (χ3n) is 2.58. The summed E-state index contributed by atoms with van der Waals surface area (Å²) in [6, 6.07) is 5.72. The predicted molar refractivity (Wildman–Crippen MR) is 76.2 cm³/mol. The van der Waals surface area contributed by atoms with E-state index in [0.717, 1.165) is 17.8 Å². The molecule has 0 aliphatic heterocycles. The first kappa shape index (κ1) is 14.8. The second-order valence-electron chi connectivity index (χ2n) is 4.11. The highest BCUT2D eigenvalue weighted by atomic mass is 35.5. The molecule has 0 saturated heterocycles. The van der Waals surface area contributed by atoms with Crippen molar-refractivity contribution in [3.63, 3.8) is 0 Å². The van der Waals surface area contributed by atoms with Crippen LogP contribution in [0.3, 0.4) is 0 Å². The Labute approximate surface area is 113 Å². The SMILES string of the molecule is CCNC(=O)CN(C)c1cc(Cl)ccc1CNC. The Morgan fingerprint density at radius 3 is 2.78 bits per heavy atom. The van der Waals surface area contributed by atoms with Crippen LogP contribution in [0.2, 0.25) is 5.02 Å². The number of likely N-dealkylation sites (N-methyl/N-ethyl adjacent to an activating group) is 2. The Morgan fingerprint density at radius 1 is 1.44 bits per heavy atom. The van der Waals surface area contributed by atoms with Crippen molar-refractivity contribution in [3.8, 4) is 0 Å². The highest BCUT2D eigenvalue weighted by Gasteiger charge is 2.11. The van der Waals surface area contributed by atoms with Gasteiger partial charge in [-0.05, 0) is 31.7 Å². The summed E-state index contributed by atoms with van der Waals surface area (Å²) in [5, 5.41) is 6.56. The van der Waals surface area contributed by atoms with Gasteiger partial charge >= 0.3 is 0 Å². The minimum absolute atomic E-state index is 0.00961. The lowest BCUT2D eigenvalue weighted by Gasteiger charge is -2.22. The topological polar surface area (TPSA) is 44.4 Å². The molecule has 1 aromatic rings. The molecular formula is C13H20ClN3O. The first-order valence-corrected chi connectivity index (χ1v) is 6.37. The Kier molecular flexibility index (Phi) is 5.95. The summed E-state index contributed by atoms with van der Waals surface area (Å²) in [7, 11) is 3.78. The Balaban J connectivity index is 2.85. The normalized spacial score (nSPS) is 10.2. The Hall–Kier alpha value is -1.26. The first-order chi connectivity index (χ1) is 8.58. The van der Waals surface area contributed by atoms with Gasteiger partial charge in [-0.3, -0.25) is 4.79 Å². The van der Waals surface area contributed by atoms with Crippen LogP contribution in [0.25, 0.3) is 0 Å². The van der Waals surface area contributed by atoms with E-state index in [1.165, 1.54) is 0 Å². The van der Waals surface area contributed by atoms with E-state index in [1.807, 2.05) is 44.1 Å². The van der Waals surface area contributed by atoms with E-state index in [4.69, 9.17) is 11.6 Å². The minimum atomic E-state index is 0.00961. The van der Waals surface area contributed by atoms with E-state index in [2.05, 4.69) is 10.6 Å². The number of nitrogens with zero attached hydrogens (tertiary/aromatic N) is 1. The molecule has 18 heavy (non-hydrogen) atoms. The van der Waals surface area contributed by atoms with Crippen molar-refractivity contribution in [2.45, 2.75) is 13.5 Å². The van der Waals surface area contributed by atoms with Gasteiger partial charge in [-0.1, -0.05) is 17.7 Å². The molecule has 4 nitrogen and oxygen atoms in total. The van der Waals surface area contributed by atoms with Crippen molar-refractivity contribution in [1.82, 2.24) is 10.6 Å². The van der Waals surface area contributed by atoms with Crippen LogP contribution in [0.5, 0.6) is 0 Å². The molecule has 0 saturated carbocycles. The number of hydrogen-bond acceptors (Lipinski definition) is 3. The summed E-state index contributed by atoms with van der Waals surface area (Å²) in [6.45, 7) is 3.62. The van der Waals surface area contributed by atoms with E-state index in [9.17, 15) is 4.79 Å². The molecule has 1 amide bonds. The fourth-order valence-electron chi connectivity index (χ4n) is 1.79. The average molecular weight is 270 g/mol. The fourth-order valence-corrected chi connectivity index (χ4v) is 1.95. The van der Waals surface area contributed by atoms with Crippen LogP contribution in [0.1, 0.15) is 12.5 Å². The number of amides is 1. The number of rotatable bonds is 6. The van der Waals surface area contributed by atoms with E-state index in [1.54, 1.807) is 0 Å². The zero-order valence-corrected chi connectivity index (χ0v) is 11.8. The third-order valence-corrected chi connectivity index (χ3v) is 2.82. The van der Waals surface area contributed by atoms with Gasteiger partial charge in [0.1, 0.15) is 0 Å². The zero-order valence-electron chi connectivity index (χ0n) is 11.1. The number of anilines is 1. The average Bonchev–Trinajstić information content (AvgIpc) is 2.32. The lowest BCUT2D eigenvalue weighted by molar-refractivity contribution is -0.119. The van der Waals surface area contributed by atoms with Gasteiger partial charge in [-0.25, -0.2) is 0 Å². The van der Waals surface area contributed by atoms with Crippen LogP contribution in [0.4, 0.5) is 5.69 Å². The smallest absolute Gasteiger partial charge is 0.239 e. The molecule has 0 heterocycles. The standard InChI is InChI=1S/C13H20ClN3O/c1-4-16-13(18)9-17(3)12-7-11(14)6-5-10(12)8-15-2/h5-7,15H,4,8-9H2,1-3H3,(H,16,18). The molecule has 0 spiro atoms. The Morgan fingerprint density at radius 2 is 2.17 bits per heavy atom. The Bertz CT molecular complexity index is 409. The molecule has 1 aromatic carbocycles. The van der Waals surface area contributed by atoms with Crippen molar-refractivity contribution >= 4 is 23.2 Å². The molecule has 1 rings (SSSR count). The summed E-state index contributed by atoms with van der Waals surface area (Å²) in [6.07, 6.45) is 0. The second kappa shape index (κ2) is 7.24. The van der Waals surface area contributed by atoms with Gasteiger partial charge in [0.05, 0.1) is 6.54 Å². The third kappa shape index (κ3) is 4.20. The van der Waals surface area contributed by atoms with Crippen molar-refractivity contribution in [2.75, 3.05) is 32.1 Å². The van der Waals surface area contributed by atoms with Gasteiger partial charge in [-0.2, -0.15) is 0 Å². The maximum atomic E-state index is 11.6. The molecule has 0 aliphatic carbocycles. The number of nitrogens with one attached hydrogen (secondary N) is 2. The second-order valence-corrected chi connectivity index (χ2v) is 4.55. The van der Waals surface area contributed by atoms with Crippen LogP contribution in [-0.4, -0.2) is 33.1 Å². The van der Waals surface area contributed by atoms with Gasteiger partial charge in [0.2, 0.25) is 5.91 Å². The molecule has 0 bridgehead atoms. The van der Waals surface area contributed by atoms with Crippen LogP contribution in [0, 0.1) is 0 Å². The van der Waals surface area contributed by atoms with Gasteiger partial charge in [0.15, 0.2) is 0 Å². The van der Waals surface area contributed by atoms with Crippen LogP contribution in [0.15, 0.2) is 18.2 Å². The van der Waals surface area contributed by atoms with Crippen molar-refractivity contribution in [3.05, 3.63) is 28.8 Å². The molecule has 2 N–H and O–H groups in total. The molecule has 0 unspecified atom stereocenters. The molecule has 5 heteroatoms. The van der Waals surface area contributed by atoms with E-state index < -0.39 is 0 Å². The lowest BCUT2D eigenvalue weighted by atomic mass is 10.1. The molecule has 100 valence electrons. The predicted octanol–water partition coefficient (Wildman–Crippen LogP) is 1.63. The van der Waals surface area contributed by atoms with Crippen LogP contribution in [-0.2, 0) is 11.3 Å². The summed E-state index contributed by atoms with van der Waals surface area (Å²) in [5.41, 5.74) is 2.09. The number of hydrogen-bond donors (Lipinski definition) is 2. The molecular weight excluding hydrogens is 250 g/mol. The summed E-state index contributed by atoms with van der Waals surface area (Å²) in [5.74, 6) is 0.00961. The highest BCUT2D eigenvalue weighted by Crippen LogP contribution is 2.23. The molecule has 0 aliphatic rings. The largest absolute Gasteiger partial charge is 0.365 e. The van der Waals surface area contributed by atoms with E-state index in [0.29, 0.717) is 18.1 Å². The van der Waals surface area contributed by atoms with Gasteiger partial charge in [0, 0.05) is 30.8 Å². The number of carbonyl (C=O) groups excluding carboxylic acids is 1. The lowest BCUT2D eigenvalue weighted by Crippen LogP contribution is -2.35. The molecule has 0 radical (unpaired) electrons. The molecule has 0 atom stereocenters. The maximum Gasteiger partial charge on any atom is 0.239 e. The molecule has 0 fully saturated rings. The van der Waals surface area contributed by atoms with Gasteiger partial charge < -0.3 is 15.5 Å². The maximum absolute atomic E-state index is 11.6. The molecule has 0 aromatic heterocycles. The van der Waals surface area contributed by atoms with Crippen molar-refractivity contribution in [1.29, 1.82) is 0 Å². The van der Waals surface area contributed by atoms with Crippen molar-refractivity contribution < 1.29 is 4.79 Å². The summed E-state index contributed by atoms with van der Waals surface area (Å²) >= 11 is 6.01. The summed E-state index contributed by atoms with van der Waals surface area (Å²) < 4.78 is 0. The monoisotopic (exact) mass is 269 g/mol. The van der Waals surface area contributed by atoms with E-state index >= 15 is 0 Å². The minimum Gasteiger partial charge on any atom is -0.365 e. The quantitative estimate of drug-likeness (QED) is 0.825. The number of carbonyl (C=O) groups is 1. The highest BCUT2D eigenvalue weighted by molar-refractivity contribution is 6.30. The summed E-state index contributed by atoms with van der Waals surface area (Å²) in [4.78, 5) is 13.5. The fraction of sp³-hybridized carbons (Fsp3) is 0.462. The van der Waals surface area contributed by atoms with Gasteiger partial charge in [0.25, 0.3) is 0 Å². The number of benzene rings is 1. The first-order valence-electron chi connectivity index (χ1n) is 5.99. The van der Waals surface area contributed by atoms with Crippen LogP contribution >= 0.6 is 11.6 Å².